The van der Waals surface area contributed by atoms with Crippen LogP contribution in [-0.4, -0.2) is 39.7 Å². The summed E-state index contributed by atoms with van der Waals surface area (Å²) in [7, 11) is 0. The van der Waals surface area contributed by atoms with Crippen molar-refractivity contribution in [2.45, 2.75) is 10.3 Å². The third kappa shape index (κ3) is 3.23. The van der Waals surface area contributed by atoms with Crippen LogP contribution in [0.1, 0.15) is 5.69 Å². The van der Waals surface area contributed by atoms with E-state index in [1.54, 1.807) is 0 Å². The maximum Gasteiger partial charge on any atom is 0.202 e. The predicted molar refractivity (Wildman–Crippen MR) is 82.9 cm³/mol. The van der Waals surface area contributed by atoms with E-state index in [2.05, 4.69) is 42.0 Å². The molecule has 0 atom stereocenters. The third-order valence-corrected chi connectivity index (χ3v) is 4.75. The number of benzene rings is 1. The van der Waals surface area contributed by atoms with Crippen molar-refractivity contribution < 1.29 is 14.2 Å². The Morgan fingerprint density at radius 1 is 1.50 bits per heavy atom. The first-order valence-electron chi connectivity index (χ1n) is 6.32. The van der Waals surface area contributed by atoms with Gasteiger partial charge >= 0.3 is 0 Å². The third-order valence-electron chi connectivity index (χ3n) is 2.99. The Labute approximate surface area is 137 Å². The van der Waals surface area contributed by atoms with Crippen LogP contribution in [0.3, 0.4) is 0 Å². The predicted octanol–water partition coefficient (Wildman–Crippen LogP) is 2.28. The Morgan fingerprint density at radius 3 is 2.95 bits per heavy atom. The molecule has 0 amide bonds. The lowest BCUT2D eigenvalue weighted by Crippen LogP contribution is -2.44. The highest BCUT2D eigenvalue weighted by Gasteiger charge is 2.25. The van der Waals surface area contributed by atoms with Crippen molar-refractivity contribution in [2.24, 2.45) is 5.16 Å². The van der Waals surface area contributed by atoms with Gasteiger partial charge in [0, 0.05) is 24.0 Å². The van der Waals surface area contributed by atoms with E-state index >= 15 is 0 Å². The summed E-state index contributed by atoms with van der Waals surface area (Å²) < 4.78 is 18.3. The van der Waals surface area contributed by atoms with Gasteiger partial charge in [0.1, 0.15) is 5.82 Å². The molecule has 2 heterocycles. The molecule has 0 bridgehead atoms. The Hall–Kier alpha value is -1.65. The molecule has 7 nitrogen and oxygen atoms in total. The molecule has 1 fully saturated rings. The number of anilines is 1. The smallest absolute Gasteiger partial charge is 0.202 e. The number of nitrogens with zero attached hydrogens (tertiary/aromatic N) is 3. The highest BCUT2D eigenvalue weighted by Crippen LogP contribution is 2.27. The minimum atomic E-state index is -0.384. The lowest BCUT2D eigenvalue weighted by Gasteiger charge is -2.25. The molecule has 1 aromatic carbocycles. The van der Waals surface area contributed by atoms with Crippen molar-refractivity contribution >= 4 is 39.2 Å². The molecule has 0 spiro atoms. The molecule has 22 heavy (non-hydrogen) atoms. The van der Waals surface area contributed by atoms with E-state index in [1.807, 2.05) is 0 Å². The fourth-order valence-corrected chi connectivity index (χ4v) is 3.17. The van der Waals surface area contributed by atoms with Gasteiger partial charge in [-0.25, -0.2) is 9.02 Å². The molecule has 1 saturated heterocycles. The second-order valence-corrected chi connectivity index (χ2v) is 6.66. The van der Waals surface area contributed by atoms with Crippen LogP contribution < -0.4 is 10.6 Å². The van der Waals surface area contributed by atoms with Gasteiger partial charge in [-0.2, -0.15) is 0 Å². The van der Waals surface area contributed by atoms with Gasteiger partial charge in [0.15, 0.2) is 10.7 Å². The van der Waals surface area contributed by atoms with E-state index in [0.29, 0.717) is 26.1 Å². The zero-order valence-electron chi connectivity index (χ0n) is 11.1. The zero-order chi connectivity index (χ0) is 15.5. The van der Waals surface area contributed by atoms with Gasteiger partial charge in [-0.15, -0.1) is 0 Å². The number of hydrogen-bond acceptors (Lipinski definition) is 7. The minimum absolute atomic E-state index is 0.0783. The Balaban J connectivity index is 1.79. The summed E-state index contributed by atoms with van der Waals surface area (Å²) in [5.41, 5.74) is 0.838. The highest BCUT2D eigenvalue weighted by molar-refractivity contribution is 9.10. The fourth-order valence-electron chi connectivity index (χ4n) is 1.75. The molecular weight excluding hydrogens is 377 g/mol. The summed E-state index contributed by atoms with van der Waals surface area (Å²) in [6, 6.07) is 4.33. The van der Waals surface area contributed by atoms with E-state index in [1.165, 1.54) is 30.0 Å². The zero-order valence-corrected chi connectivity index (χ0v) is 13.5. The number of nitrogens with one attached hydrogen (secondary N) is 2. The highest BCUT2D eigenvalue weighted by atomic mass is 79.9. The molecule has 116 valence electrons. The average molecular weight is 388 g/mol. The number of thioether (sulfide) groups is 1. The molecule has 3 rings (SSSR count). The molecule has 1 aliphatic heterocycles. The lowest BCUT2D eigenvalue weighted by molar-refractivity contribution is 0.296. The van der Waals surface area contributed by atoms with Crippen LogP contribution in [0.15, 0.2) is 37.5 Å². The second-order valence-electron chi connectivity index (χ2n) is 4.52. The van der Waals surface area contributed by atoms with Crippen molar-refractivity contribution in [2.75, 3.05) is 18.4 Å². The summed E-state index contributed by atoms with van der Waals surface area (Å²) in [5, 5.41) is 26.9. The van der Waals surface area contributed by atoms with Gasteiger partial charge < -0.3 is 15.8 Å². The quantitative estimate of drug-likeness (QED) is 0.320. The molecule has 10 heteroatoms. The standard InChI is InChI=1S/C12H11BrFN5O2S/c13-8-3-6(1-2-9(8)14)16-11(17-20)10-12(19-21-18-10)22-7-4-15-5-7/h1-3,7,15,20H,4-5H2,(H,16,17). The maximum absolute atomic E-state index is 13.2. The summed E-state index contributed by atoms with van der Waals surface area (Å²) >= 11 is 4.59. The second kappa shape index (κ2) is 6.63. The number of hydrogen-bond donors (Lipinski definition) is 3. The van der Waals surface area contributed by atoms with Crippen LogP contribution in [0.25, 0.3) is 0 Å². The first-order chi connectivity index (χ1) is 10.7. The first-order valence-corrected chi connectivity index (χ1v) is 7.99. The number of halogens is 2. The van der Waals surface area contributed by atoms with Gasteiger partial charge in [-0.3, -0.25) is 0 Å². The number of aromatic nitrogens is 2. The molecule has 2 aromatic rings. The Morgan fingerprint density at radius 2 is 2.32 bits per heavy atom. The summed E-state index contributed by atoms with van der Waals surface area (Å²) in [5.74, 6) is -0.306. The van der Waals surface area contributed by atoms with Gasteiger partial charge in [0.25, 0.3) is 0 Å². The van der Waals surface area contributed by atoms with Crippen molar-refractivity contribution in [3.8, 4) is 0 Å². The minimum Gasteiger partial charge on any atom is -0.409 e. The summed E-state index contributed by atoms with van der Waals surface area (Å²) in [6.07, 6.45) is 0. The van der Waals surface area contributed by atoms with E-state index in [0.717, 1.165) is 13.1 Å². The molecule has 3 N–H and O–H groups in total. The van der Waals surface area contributed by atoms with Gasteiger partial charge in [0.05, 0.1) is 4.47 Å². The van der Waals surface area contributed by atoms with Crippen LogP contribution in [0.5, 0.6) is 0 Å². The topological polar surface area (TPSA) is 95.6 Å². The monoisotopic (exact) mass is 387 g/mol. The van der Waals surface area contributed by atoms with Gasteiger partial charge in [-0.05, 0) is 44.4 Å². The fraction of sp³-hybridized carbons (Fsp3) is 0.250. The molecule has 0 aliphatic carbocycles. The van der Waals surface area contributed by atoms with Crippen molar-refractivity contribution in [1.82, 2.24) is 15.6 Å². The van der Waals surface area contributed by atoms with Crippen molar-refractivity contribution in [3.63, 3.8) is 0 Å². The summed E-state index contributed by atoms with van der Waals surface area (Å²) in [4.78, 5) is 0. The number of rotatable bonds is 4. The van der Waals surface area contributed by atoms with Crippen LogP contribution in [-0.2, 0) is 0 Å². The Bertz CT molecular complexity index is 707. The van der Waals surface area contributed by atoms with Crippen LogP contribution in [0.4, 0.5) is 10.1 Å². The SMILES string of the molecule is O/N=C(\Nc1ccc(F)c(Br)c1)c1nonc1SC1CNC1. The molecule has 0 unspecified atom stereocenters. The van der Waals surface area contributed by atoms with Gasteiger partial charge in [-0.1, -0.05) is 16.9 Å². The van der Waals surface area contributed by atoms with Crippen molar-refractivity contribution in [3.05, 3.63) is 34.2 Å². The molecular formula is C12H11BrFN5O2S. The van der Waals surface area contributed by atoms with E-state index in [9.17, 15) is 9.60 Å². The van der Waals surface area contributed by atoms with Crippen LogP contribution in [0.2, 0.25) is 0 Å². The van der Waals surface area contributed by atoms with Crippen LogP contribution >= 0.6 is 27.7 Å². The number of oxime groups is 1. The lowest BCUT2D eigenvalue weighted by atomic mass is 10.3. The van der Waals surface area contributed by atoms with Crippen molar-refractivity contribution in [1.29, 1.82) is 0 Å². The normalized spacial score (nSPS) is 15.6. The molecule has 1 aliphatic rings. The summed E-state index contributed by atoms with van der Waals surface area (Å²) in [6.45, 7) is 1.75. The maximum atomic E-state index is 13.2. The molecule has 0 radical (unpaired) electrons. The van der Waals surface area contributed by atoms with Crippen LogP contribution in [0, 0.1) is 5.82 Å². The first kappa shape index (κ1) is 15.3. The van der Waals surface area contributed by atoms with E-state index in [4.69, 9.17) is 4.63 Å². The molecule has 0 saturated carbocycles. The largest absolute Gasteiger partial charge is 0.409 e. The average Bonchev–Trinajstić information content (AvgIpc) is 2.92. The van der Waals surface area contributed by atoms with Gasteiger partial charge in [0.2, 0.25) is 5.84 Å². The molecule has 1 aromatic heterocycles. The Kier molecular flexibility index (Phi) is 4.60. The van der Waals surface area contributed by atoms with E-state index < -0.39 is 0 Å². The van der Waals surface area contributed by atoms with E-state index in [-0.39, 0.29) is 11.7 Å². The number of amidine groups is 1.